The Hall–Kier alpha value is -0.780. The Kier molecular flexibility index (Phi) is 4.25. The summed E-state index contributed by atoms with van der Waals surface area (Å²) in [6.07, 6.45) is 0.914. The molecule has 0 aliphatic carbocycles. The van der Waals surface area contributed by atoms with E-state index in [4.69, 9.17) is 23.8 Å². The minimum atomic E-state index is 0.513. The zero-order chi connectivity index (χ0) is 12.3. The van der Waals surface area contributed by atoms with E-state index in [2.05, 4.69) is 15.8 Å². The van der Waals surface area contributed by atoms with E-state index >= 15 is 0 Å². The molecule has 0 fully saturated rings. The van der Waals surface area contributed by atoms with Crippen molar-refractivity contribution in [2.75, 3.05) is 12.8 Å². The third-order valence-electron chi connectivity index (χ3n) is 2.38. The van der Waals surface area contributed by atoms with Gasteiger partial charge in [-0.1, -0.05) is 23.7 Å². The van der Waals surface area contributed by atoms with Gasteiger partial charge in [-0.25, -0.2) is 0 Å². The van der Waals surface area contributed by atoms with E-state index in [9.17, 15) is 0 Å². The largest absolute Gasteiger partial charge is 0.364 e. The normalized spacial score (nSPS) is 16.5. The fourth-order valence-electron chi connectivity index (χ4n) is 1.56. The van der Waals surface area contributed by atoms with Crippen LogP contribution >= 0.6 is 35.6 Å². The quantitative estimate of drug-likeness (QED) is 0.614. The van der Waals surface area contributed by atoms with E-state index in [0.717, 1.165) is 33.4 Å². The third-order valence-corrected chi connectivity index (χ3v) is 4.24. The van der Waals surface area contributed by atoms with Crippen LogP contribution in [0.15, 0.2) is 28.2 Å². The molecule has 0 atom stereocenters. The molecule has 1 aromatic carbocycles. The summed E-state index contributed by atoms with van der Waals surface area (Å²) in [6.45, 7) is 0. The van der Waals surface area contributed by atoms with E-state index in [1.165, 1.54) is 0 Å². The topological polar surface area (TPSA) is 36.4 Å². The summed E-state index contributed by atoms with van der Waals surface area (Å²) in [4.78, 5) is 1.11. The van der Waals surface area contributed by atoms with E-state index < -0.39 is 0 Å². The van der Waals surface area contributed by atoms with Crippen molar-refractivity contribution in [2.45, 2.75) is 11.3 Å². The van der Waals surface area contributed by atoms with E-state index in [1.54, 1.807) is 18.8 Å². The fourth-order valence-corrected chi connectivity index (χ4v) is 2.99. The van der Waals surface area contributed by atoms with Crippen molar-refractivity contribution in [3.8, 4) is 0 Å². The lowest BCUT2D eigenvalue weighted by atomic mass is 10.1. The van der Waals surface area contributed by atoms with Gasteiger partial charge in [0, 0.05) is 29.7 Å². The number of fused-ring (bicyclic) bond motifs is 1. The van der Waals surface area contributed by atoms with Crippen LogP contribution < -0.4 is 10.7 Å². The molecular weight excluding hydrogens is 274 g/mol. The van der Waals surface area contributed by atoms with Crippen molar-refractivity contribution in [3.05, 3.63) is 28.8 Å². The number of hydrogen-bond donors (Lipinski definition) is 2. The molecule has 6 heteroatoms. The highest BCUT2D eigenvalue weighted by atomic mass is 35.5. The third kappa shape index (κ3) is 2.91. The van der Waals surface area contributed by atoms with Crippen LogP contribution in [-0.2, 0) is 0 Å². The summed E-state index contributed by atoms with van der Waals surface area (Å²) in [5.41, 5.74) is 4.91. The minimum Gasteiger partial charge on any atom is -0.364 e. The summed E-state index contributed by atoms with van der Waals surface area (Å²) in [5, 5.41) is 8.45. The van der Waals surface area contributed by atoms with Crippen molar-refractivity contribution >= 4 is 46.4 Å². The van der Waals surface area contributed by atoms with Gasteiger partial charge in [-0.05, 0) is 18.3 Å². The van der Waals surface area contributed by atoms with Gasteiger partial charge in [0.15, 0.2) is 5.11 Å². The molecule has 1 aliphatic heterocycles. The number of hydrazone groups is 1. The molecule has 2 rings (SSSR count). The van der Waals surface area contributed by atoms with E-state index in [1.807, 2.05) is 18.2 Å². The highest BCUT2D eigenvalue weighted by molar-refractivity contribution is 7.99. The van der Waals surface area contributed by atoms with Crippen molar-refractivity contribution in [1.82, 2.24) is 10.7 Å². The Labute approximate surface area is 115 Å². The van der Waals surface area contributed by atoms with Crippen molar-refractivity contribution < 1.29 is 0 Å². The number of hydrogen-bond acceptors (Lipinski definition) is 3. The second-order valence-electron chi connectivity index (χ2n) is 3.46. The van der Waals surface area contributed by atoms with Gasteiger partial charge in [0.1, 0.15) is 0 Å². The number of nitrogens with one attached hydrogen (secondary N) is 2. The molecule has 1 aliphatic rings. The average Bonchev–Trinajstić information content (AvgIpc) is 2.36. The maximum absolute atomic E-state index is 6.16. The maximum Gasteiger partial charge on any atom is 0.186 e. The predicted molar refractivity (Wildman–Crippen MR) is 78.1 cm³/mol. The Balaban J connectivity index is 2.29. The Bertz CT molecular complexity index is 474. The number of benzene rings is 1. The molecule has 0 aromatic heterocycles. The lowest BCUT2D eigenvalue weighted by molar-refractivity contribution is 0.962. The number of rotatable bonds is 1. The molecule has 0 saturated heterocycles. The predicted octanol–water partition coefficient (Wildman–Crippen LogP) is 2.63. The molecule has 0 saturated carbocycles. The molecule has 0 amide bonds. The SMILES string of the molecule is CNC(=S)NN=C1CCSc2c(Cl)cccc21. The maximum atomic E-state index is 6.16. The number of nitrogens with zero attached hydrogens (tertiary/aromatic N) is 1. The fraction of sp³-hybridized carbons (Fsp3) is 0.273. The molecule has 17 heavy (non-hydrogen) atoms. The van der Waals surface area contributed by atoms with Gasteiger partial charge in [-0.3, -0.25) is 5.43 Å². The van der Waals surface area contributed by atoms with Crippen molar-refractivity contribution in [1.29, 1.82) is 0 Å². The van der Waals surface area contributed by atoms with Crippen LogP contribution in [0, 0.1) is 0 Å². The van der Waals surface area contributed by atoms with Crippen LogP contribution in [-0.4, -0.2) is 23.6 Å². The molecular formula is C11H12ClN3S2. The summed E-state index contributed by atoms with van der Waals surface area (Å²) in [6, 6.07) is 5.89. The summed E-state index contributed by atoms with van der Waals surface area (Å²) >= 11 is 12.9. The highest BCUT2D eigenvalue weighted by Gasteiger charge is 2.18. The van der Waals surface area contributed by atoms with Crippen LogP contribution in [0.5, 0.6) is 0 Å². The second-order valence-corrected chi connectivity index (χ2v) is 5.39. The van der Waals surface area contributed by atoms with Gasteiger partial charge in [-0.15, -0.1) is 11.8 Å². The van der Waals surface area contributed by atoms with Crippen molar-refractivity contribution in [2.24, 2.45) is 5.10 Å². The molecule has 3 nitrogen and oxygen atoms in total. The van der Waals surface area contributed by atoms with Gasteiger partial charge in [0.25, 0.3) is 0 Å². The standard InChI is InChI=1S/C11H12ClN3S2/c1-13-11(16)15-14-9-5-6-17-10-7(9)3-2-4-8(10)12/h2-4H,5-6H2,1H3,(H2,13,15,16). The van der Waals surface area contributed by atoms with Gasteiger partial charge >= 0.3 is 0 Å². The van der Waals surface area contributed by atoms with Gasteiger partial charge in [-0.2, -0.15) is 5.10 Å². The lowest BCUT2D eigenvalue weighted by Crippen LogP contribution is -2.30. The average molecular weight is 286 g/mol. The van der Waals surface area contributed by atoms with E-state index in [-0.39, 0.29) is 0 Å². The number of thiocarbonyl (C=S) groups is 1. The molecule has 1 heterocycles. The van der Waals surface area contributed by atoms with Crippen LogP contribution in [0.25, 0.3) is 0 Å². The molecule has 1 aromatic rings. The summed E-state index contributed by atoms with van der Waals surface area (Å²) < 4.78 is 0. The molecule has 0 unspecified atom stereocenters. The van der Waals surface area contributed by atoms with Crippen LogP contribution in [0.1, 0.15) is 12.0 Å². The highest BCUT2D eigenvalue weighted by Crippen LogP contribution is 2.35. The Morgan fingerprint density at radius 1 is 1.53 bits per heavy atom. The number of thioether (sulfide) groups is 1. The van der Waals surface area contributed by atoms with Gasteiger partial charge < -0.3 is 5.32 Å². The molecule has 0 bridgehead atoms. The Morgan fingerprint density at radius 3 is 3.12 bits per heavy atom. The van der Waals surface area contributed by atoms with Crippen LogP contribution in [0.3, 0.4) is 0 Å². The first-order chi connectivity index (χ1) is 8.22. The van der Waals surface area contributed by atoms with Crippen LogP contribution in [0.2, 0.25) is 5.02 Å². The summed E-state index contributed by atoms with van der Waals surface area (Å²) in [7, 11) is 1.76. The monoisotopic (exact) mass is 285 g/mol. The van der Waals surface area contributed by atoms with Crippen molar-refractivity contribution in [3.63, 3.8) is 0 Å². The van der Waals surface area contributed by atoms with Gasteiger partial charge in [0.05, 0.1) is 10.7 Å². The summed E-state index contributed by atoms with van der Waals surface area (Å²) in [5.74, 6) is 0.990. The minimum absolute atomic E-state index is 0.513. The second kappa shape index (κ2) is 5.71. The zero-order valence-corrected chi connectivity index (χ0v) is 11.7. The molecule has 2 N–H and O–H groups in total. The Morgan fingerprint density at radius 2 is 2.35 bits per heavy atom. The first-order valence-corrected chi connectivity index (χ1v) is 6.95. The first-order valence-electron chi connectivity index (χ1n) is 5.18. The lowest BCUT2D eigenvalue weighted by Gasteiger charge is -2.18. The van der Waals surface area contributed by atoms with Crippen LogP contribution in [0.4, 0.5) is 0 Å². The van der Waals surface area contributed by atoms with E-state index in [0.29, 0.717) is 5.11 Å². The smallest absolute Gasteiger partial charge is 0.186 e. The number of halogens is 1. The molecule has 90 valence electrons. The van der Waals surface area contributed by atoms with Gasteiger partial charge in [0.2, 0.25) is 0 Å². The molecule has 0 spiro atoms. The zero-order valence-electron chi connectivity index (χ0n) is 9.29. The first kappa shape index (κ1) is 12.7. The molecule has 0 radical (unpaired) electrons.